The van der Waals surface area contributed by atoms with Crippen molar-refractivity contribution in [3.05, 3.63) is 59.7 Å². The van der Waals surface area contributed by atoms with Crippen LogP contribution in [0.1, 0.15) is 43.7 Å². The number of benzene rings is 2. The largest absolute Gasteiger partial charge is 0.490 e. The van der Waals surface area contributed by atoms with E-state index in [2.05, 4.69) is 26.0 Å². The van der Waals surface area contributed by atoms with E-state index in [0.29, 0.717) is 31.7 Å². The molecule has 4 heteroatoms. The molecule has 0 fully saturated rings. The molecule has 1 unspecified atom stereocenters. The van der Waals surface area contributed by atoms with Crippen molar-refractivity contribution in [1.29, 1.82) is 0 Å². The number of rotatable bonds is 12. The molecule has 0 amide bonds. The molecule has 1 atom stereocenters. The van der Waals surface area contributed by atoms with E-state index in [9.17, 15) is 5.11 Å². The van der Waals surface area contributed by atoms with Gasteiger partial charge in [-0.1, -0.05) is 50.2 Å². The second-order valence-corrected chi connectivity index (χ2v) is 7.04. The molecule has 0 aromatic heterocycles. The summed E-state index contributed by atoms with van der Waals surface area (Å²) >= 11 is 0. The van der Waals surface area contributed by atoms with Crippen LogP contribution in [0.4, 0.5) is 0 Å². The minimum atomic E-state index is 0.180. The predicted molar refractivity (Wildman–Crippen MR) is 108 cm³/mol. The van der Waals surface area contributed by atoms with Crippen molar-refractivity contribution in [3.8, 4) is 11.5 Å². The zero-order chi connectivity index (χ0) is 19.5. The van der Waals surface area contributed by atoms with Crippen LogP contribution >= 0.6 is 0 Å². The summed E-state index contributed by atoms with van der Waals surface area (Å²) in [5.74, 6) is 2.23. The lowest BCUT2D eigenvalue weighted by molar-refractivity contribution is 0.169. The van der Waals surface area contributed by atoms with Crippen molar-refractivity contribution in [2.75, 3.05) is 26.9 Å². The lowest BCUT2D eigenvalue weighted by atomic mass is 9.86. The predicted octanol–water partition coefficient (Wildman–Crippen LogP) is 4.80. The zero-order valence-corrected chi connectivity index (χ0v) is 16.7. The summed E-state index contributed by atoms with van der Waals surface area (Å²) in [5, 5.41) is 9.41. The van der Waals surface area contributed by atoms with Crippen LogP contribution in [0.5, 0.6) is 11.5 Å². The lowest BCUT2D eigenvalue weighted by Gasteiger charge is -2.22. The molecule has 0 aliphatic heterocycles. The average molecular weight is 373 g/mol. The van der Waals surface area contributed by atoms with Gasteiger partial charge in [0, 0.05) is 26.7 Å². The molecular weight excluding hydrogens is 340 g/mol. The van der Waals surface area contributed by atoms with Crippen LogP contribution in [0.3, 0.4) is 0 Å². The fourth-order valence-corrected chi connectivity index (χ4v) is 3.13. The van der Waals surface area contributed by atoms with E-state index in [4.69, 9.17) is 14.2 Å². The number of ether oxygens (including phenoxy) is 3. The third-order valence-corrected chi connectivity index (χ3v) is 4.63. The molecule has 0 heterocycles. The molecule has 4 nitrogen and oxygen atoms in total. The number of aliphatic hydroxyl groups is 1. The second-order valence-electron chi connectivity index (χ2n) is 7.04. The Labute approximate surface area is 163 Å². The van der Waals surface area contributed by atoms with Gasteiger partial charge in [-0.05, 0) is 41.5 Å². The van der Waals surface area contributed by atoms with E-state index < -0.39 is 0 Å². The molecule has 0 saturated heterocycles. The maximum Gasteiger partial charge on any atom is 0.161 e. The van der Waals surface area contributed by atoms with Gasteiger partial charge in [-0.2, -0.15) is 0 Å². The van der Waals surface area contributed by atoms with Crippen molar-refractivity contribution in [1.82, 2.24) is 0 Å². The minimum absolute atomic E-state index is 0.180. The third kappa shape index (κ3) is 6.89. The van der Waals surface area contributed by atoms with Crippen molar-refractivity contribution >= 4 is 0 Å². The van der Waals surface area contributed by atoms with E-state index in [0.717, 1.165) is 29.9 Å². The summed E-state index contributed by atoms with van der Waals surface area (Å²) in [4.78, 5) is 0. The first-order valence-corrected chi connectivity index (χ1v) is 9.69. The van der Waals surface area contributed by atoms with Gasteiger partial charge in [0.25, 0.3) is 0 Å². The highest BCUT2D eigenvalue weighted by Crippen LogP contribution is 2.35. The summed E-state index contributed by atoms with van der Waals surface area (Å²) in [5.41, 5.74) is 2.29. The van der Waals surface area contributed by atoms with Crippen LogP contribution in [0.15, 0.2) is 48.5 Å². The standard InChI is InChI=1S/C23H32O4/c1-18(2)21(12-13-24)20-10-11-22(23(16-20)26-15-7-14-25-3)27-17-19-8-5-4-6-9-19/h4-6,8-11,16,18,21,24H,7,12-15,17H2,1-3H3. The Morgan fingerprint density at radius 1 is 0.926 bits per heavy atom. The molecule has 0 saturated carbocycles. The molecular formula is C23H32O4. The highest BCUT2D eigenvalue weighted by molar-refractivity contribution is 5.44. The Balaban J connectivity index is 2.17. The van der Waals surface area contributed by atoms with Gasteiger partial charge in [-0.25, -0.2) is 0 Å². The van der Waals surface area contributed by atoms with Crippen LogP contribution in [-0.2, 0) is 11.3 Å². The molecule has 2 aromatic rings. The van der Waals surface area contributed by atoms with Gasteiger partial charge in [0.15, 0.2) is 11.5 Å². The fraction of sp³-hybridized carbons (Fsp3) is 0.478. The van der Waals surface area contributed by atoms with Gasteiger partial charge >= 0.3 is 0 Å². The Morgan fingerprint density at radius 3 is 2.37 bits per heavy atom. The SMILES string of the molecule is COCCCOc1cc(C(CCO)C(C)C)ccc1OCc1ccccc1. The normalized spacial score (nSPS) is 12.2. The molecule has 2 rings (SSSR count). The van der Waals surface area contributed by atoms with Crippen molar-refractivity contribution in [3.63, 3.8) is 0 Å². The molecule has 27 heavy (non-hydrogen) atoms. The number of methoxy groups -OCH3 is 1. The van der Waals surface area contributed by atoms with Crippen LogP contribution < -0.4 is 9.47 Å². The van der Waals surface area contributed by atoms with Crippen LogP contribution in [0.2, 0.25) is 0 Å². The van der Waals surface area contributed by atoms with E-state index >= 15 is 0 Å². The van der Waals surface area contributed by atoms with Gasteiger partial charge in [0.2, 0.25) is 0 Å². The minimum Gasteiger partial charge on any atom is -0.490 e. The van der Waals surface area contributed by atoms with Crippen LogP contribution in [0, 0.1) is 5.92 Å². The van der Waals surface area contributed by atoms with Gasteiger partial charge in [-0.15, -0.1) is 0 Å². The highest BCUT2D eigenvalue weighted by atomic mass is 16.5. The first-order chi connectivity index (χ1) is 13.2. The van der Waals surface area contributed by atoms with Crippen LogP contribution in [-0.4, -0.2) is 32.0 Å². The summed E-state index contributed by atoms with van der Waals surface area (Å²) in [6.07, 6.45) is 1.56. The quantitative estimate of drug-likeness (QED) is 0.544. The van der Waals surface area contributed by atoms with Crippen molar-refractivity contribution in [2.45, 2.75) is 39.2 Å². The van der Waals surface area contributed by atoms with Gasteiger partial charge in [0.05, 0.1) is 6.61 Å². The van der Waals surface area contributed by atoms with E-state index in [1.165, 1.54) is 5.56 Å². The van der Waals surface area contributed by atoms with Gasteiger partial charge < -0.3 is 19.3 Å². The summed E-state index contributed by atoms with van der Waals surface area (Å²) in [6.45, 7) is 6.28. The molecule has 0 radical (unpaired) electrons. The molecule has 148 valence electrons. The van der Waals surface area contributed by atoms with Gasteiger partial charge in [0.1, 0.15) is 6.61 Å². The molecule has 2 aromatic carbocycles. The van der Waals surface area contributed by atoms with Crippen LogP contribution in [0.25, 0.3) is 0 Å². The zero-order valence-electron chi connectivity index (χ0n) is 16.7. The fourth-order valence-electron chi connectivity index (χ4n) is 3.13. The average Bonchev–Trinajstić information content (AvgIpc) is 2.69. The number of aliphatic hydroxyl groups excluding tert-OH is 1. The third-order valence-electron chi connectivity index (χ3n) is 4.63. The molecule has 0 aliphatic carbocycles. The molecule has 0 bridgehead atoms. The molecule has 0 aliphatic rings. The number of hydrogen-bond acceptors (Lipinski definition) is 4. The molecule has 0 spiro atoms. The van der Waals surface area contributed by atoms with E-state index in [-0.39, 0.29) is 6.61 Å². The summed E-state index contributed by atoms with van der Waals surface area (Å²) in [7, 11) is 1.69. The molecule has 1 N–H and O–H groups in total. The number of hydrogen-bond donors (Lipinski definition) is 1. The maximum atomic E-state index is 9.41. The topological polar surface area (TPSA) is 47.9 Å². The van der Waals surface area contributed by atoms with Crippen molar-refractivity contribution < 1.29 is 19.3 Å². The first-order valence-electron chi connectivity index (χ1n) is 9.69. The Hall–Kier alpha value is -2.04. The highest BCUT2D eigenvalue weighted by Gasteiger charge is 2.18. The first kappa shape index (κ1) is 21.3. The maximum absolute atomic E-state index is 9.41. The summed E-state index contributed by atoms with van der Waals surface area (Å²) < 4.78 is 17.1. The smallest absolute Gasteiger partial charge is 0.161 e. The van der Waals surface area contributed by atoms with Gasteiger partial charge in [-0.3, -0.25) is 0 Å². The Bertz CT molecular complexity index is 655. The monoisotopic (exact) mass is 372 g/mol. The lowest BCUT2D eigenvalue weighted by Crippen LogP contribution is -2.10. The Kier molecular flexibility index (Phi) is 9.16. The van der Waals surface area contributed by atoms with E-state index in [1.807, 2.05) is 36.4 Å². The second kappa shape index (κ2) is 11.6. The summed E-state index contributed by atoms with van der Waals surface area (Å²) in [6, 6.07) is 16.2. The van der Waals surface area contributed by atoms with Crippen molar-refractivity contribution in [2.24, 2.45) is 5.92 Å². The Morgan fingerprint density at radius 2 is 1.70 bits per heavy atom. The van der Waals surface area contributed by atoms with E-state index in [1.54, 1.807) is 7.11 Å².